The minimum Gasteiger partial charge on any atom is -0.493 e. The Balaban J connectivity index is 0.00000312. The van der Waals surface area contributed by atoms with E-state index in [9.17, 15) is 4.79 Å². The Morgan fingerprint density at radius 2 is 1.88 bits per heavy atom. The highest BCUT2D eigenvalue weighted by Crippen LogP contribution is 2.18. The van der Waals surface area contributed by atoms with Crippen molar-refractivity contribution in [2.75, 3.05) is 27.2 Å². The number of nitrogens with zero attached hydrogens (tertiary/aromatic N) is 1. The van der Waals surface area contributed by atoms with Gasteiger partial charge in [-0.05, 0) is 56.4 Å². The molecule has 5 nitrogen and oxygen atoms in total. The molecule has 1 heterocycles. The van der Waals surface area contributed by atoms with Gasteiger partial charge in [-0.2, -0.15) is 0 Å². The number of nitrogens with one attached hydrogen (secondary N) is 1. The molecule has 0 spiro atoms. The molecular formula is C19H27ClN2O3. The van der Waals surface area contributed by atoms with E-state index >= 15 is 0 Å². The molecule has 0 aliphatic rings. The van der Waals surface area contributed by atoms with Gasteiger partial charge in [0.2, 0.25) is 0 Å². The van der Waals surface area contributed by atoms with Gasteiger partial charge in [0, 0.05) is 12.1 Å². The Morgan fingerprint density at radius 1 is 1.20 bits per heavy atom. The number of benzene rings is 1. The van der Waals surface area contributed by atoms with Crippen LogP contribution in [0.2, 0.25) is 0 Å². The molecule has 1 aromatic carbocycles. The second-order valence-corrected chi connectivity index (χ2v) is 6.43. The number of hydrogen-bond donors (Lipinski definition) is 1. The van der Waals surface area contributed by atoms with Crippen LogP contribution in [0.15, 0.2) is 47.1 Å². The van der Waals surface area contributed by atoms with E-state index in [2.05, 4.69) is 19.2 Å². The highest BCUT2D eigenvalue weighted by molar-refractivity contribution is 5.94. The molecule has 0 radical (unpaired) electrons. The monoisotopic (exact) mass is 366 g/mol. The van der Waals surface area contributed by atoms with Gasteiger partial charge in [-0.25, -0.2) is 0 Å². The summed E-state index contributed by atoms with van der Waals surface area (Å²) in [6.07, 6.45) is 1.64. The van der Waals surface area contributed by atoms with E-state index in [4.69, 9.17) is 9.15 Å². The van der Waals surface area contributed by atoms with Gasteiger partial charge in [-0.1, -0.05) is 13.8 Å². The summed E-state index contributed by atoms with van der Waals surface area (Å²) in [6, 6.07) is 11.0. The Kier molecular flexibility index (Phi) is 8.52. The van der Waals surface area contributed by atoms with Crippen LogP contribution in [0.4, 0.5) is 0 Å². The van der Waals surface area contributed by atoms with E-state index in [0.29, 0.717) is 24.6 Å². The van der Waals surface area contributed by atoms with Crippen molar-refractivity contribution >= 4 is 18.3 Å². The number of rotatable bonds is 8. The van der Waals surface area contributed by atoms with Crippen LogP contribution in [0.5, 0.6) is 5.75 Å². The summed E-state index contributed by atoms with van der Waals surface area (Å²) in [7, 11) is 3.92. The SMILES string of the molecule is CC(C)COc1ccc(C(=O)NCC(c2ccco2)N(C)C)cc1.Cl. The zero-order valence-corrected chi connectivity index (χ0v) is 16.0. The van der Waals surface area contributed by atoms with E-state index < -0.39 is 0 Å². The molecule has 1 amide bonds. The molecule has 1 N–H and O–H groups in total. The van der Waals surface area contributed by atoms with Crippen LogP contribution in [0.1, 0.15) is 36.0 Å². The fourth-order valence-electron chi connectivity index (χ4n) is 2.28. The Hall–Kier alpha value is -1.98. The molecule has 1 atom stereocenters. The number of hydrogen-bond acceptors (Lipinski definition) is 4. The van der Waals surface area contributed by atoms with Crippen molar-refractivity contribution in [3.05, 3.63) is 54.0 Å². The third-order valence-electron chi connectivity index (χ3n) is 3.65. The van der Waals surface area contributed by atoms with E-state index in [1.807, 2.05) is 43.3 Å². The molecule has 0 saturated heterocycles. The van der Waals surface area contributed by atoms with E-state index in [-0.39, 0.29) is 24.4 Å². The molecular weight excluding hydrogens is 340 g/mol. The second-order valence-electron chi connectivity index (χ2n) is 6.43. The standard InChI is InChI=1S/C19H26N2O3.ClH/c1-14(2)13-24-16-9-7-15(8-10-16)19(22)20-12-17(21(3)4)18-6-5-11-23-18;/h5-11,14,17H,12-13H2,1-4H3,(H,20,22);1H. The predicted molar refractivity (Wildman–Crippen MR) is 101 cm³/mol. The van der Waals surface area contributed by atoms with Crippen LogP contribution in [0, 0.1) is 5.92 Å². The smallest absolute Gasteiger partial charge is 0.251 e. The number of ether oxygens (including phenoxy) is 1. The molecule has 138 valence electrons. The van der Waals surface area contributed by atoms with Crippen molar-refractivity contribution < 1.29 is 13.9 Å². The second kappa shape index (κ2) is 10.1. The Morgan fingerprint density at radius 3 is 2.40 bits per heavy atom. The van der Waals surface area contributed by atoms with Crippen molar-refractivity contribution in [3.8, 4) is 5.75 Å². The molecule has 1 unspecified atom stereocenters. The number of halogens is 1. The summed E-state index contributed by atoms with van der Waals surface area (Å²) in [5.41, 5.74) is 0.615. The van der Waals surface area contributed by atoms with Crippen molar-refractivity contribution in [1.29, 1.82) is 0 Å². The average molecular weight is 367 g/mol. The highest BCUT2D eigenvalue weighted by Gasteiger charge is 2.18. The van der Waals surface area contributed by atoms with Crippen molar-refractivity contribution in [2.24, 2.45) is 5.92 Å². The quantitative estimate of drug-likeness (QED) is 0.772. The maximum atomic E-state index is 12.3. The van der Waals surface area contributed by atoms with Crippen LogP contribution in [0.3, 0.4) is 0 Å². The third-order valence-corrected chi connectivity index (χ3v) is 3.65. The first-order chi connectivity index (χ1) is 11.5. The van der Waals surface area contributed by atoms with Gasteiger partial charge in [-0.15, -0.1) is 12.4 Å². The predicted octanol–water partition coefficient (Wildman–Crippen LogP) is 3.77. The van der Waals surface area contributed by atoms with Crippen LogP contribution < -0.4 is 10.1 Å². The number of carbonyl (C=O) groups excluding carboxylic acids is 1. The summed E-state index contributed by atoms with van der Waals surface area (Å²) in [5.74, 6) is 1.97. The first-order valence-electron chi connectivity index (χ1n) is 8.18. The molecule has 0 fully saturated rings. The van der Waals surface area contributed by atoms with Gasteiger partial charge >= 0.3 is 0 Å². The lowest BCUT2D eigenvalue weighted by Gasteiger charge is -2.22. The lowest BCUT2D eigenvalue weighted by atomic mass is 10.1. The molecule has 0 aliphatic heterocycles. The lowest BCUT2D eigenvalue weighted by Crippen LogP contribution is -2.34. The molecule has 0 aliphatic carbocycles. The largest absolute Gasteiger partial charge is 0.493 e. The minimum absolute atomic E-state index is 0. The summed E-state index contributed by atoms with van der Waals surface area (Å²) in [5, 5.41) is 2.96. The average Bonchev–Trinajstić information content (AvgIpc) is 3.07. The van der Waals surface area contributed by atoms with Crippen molar-refractivity contribution in [3.63, 3.8) is 0 Å². The van der Waals surface area contributed by atoms with Crippen LogP contribution in [0.25, 0.3) is 0 Å². The summed E-state index contributed by atoms with van der Waals surface area (Å²) in [6.45, 7) is 5.34. The van der Waals surface area contributed by atoms with Crippen molar-refractivity contribution in [2.45, 2.75) is 19.9 Å². The summed E-state index contributed by atoms with van der Waals surface area (Å²) >= 11 is 0. The highest BCUT2D eigenvalue weighted by atomic mass is 35.5. The first kappa shape index (κ1) is 21.1. The van der Waals surface area contributed by atoms with Gasteiger partial charge in [0.25, 0.3) is 5.91 Å². The van der Waals surface area contributed by atoms with Gasteiger partial charge in [0.1, 0.15) is 11.5 Å². The molecule has 6 heteroatoms. The molecule has 25 heavy (non-hydrogen) atoms. The fraction of sp³-hybridized carbons (Fsp3) is 0.421. The molecule has 0 bridgehead atoms. The van der Waals surface area contributed by atoms with Gasteiger partial charge in [-0.3, -0.25) is 9.69 Å². The lowest BCUT2D eigenvalue weighted by molar-refractivity contribution is 0.0939. The Bertz CT molecular complexity index is 625. The van der Waals surface area contributed by atoms with Crippen molar-refractivity contribution in [1.82, 2.24) is 10.2 Å². The number of likely N-dealkylation sites (N-methyl/N-ethyl adjacent to an activating group) is 1. The Labute approximate surface area is 155 Å². The van der Waals surface area contributed by atoms with Crippen LogP contribution in [-0.4, -0.2) is 38.1 Å². The van der Waals surface area contributed by atoms with Crippen LogP contribution >= 0.6 is 12.4 Å². The molecule has 2 aromatic rings. The zero-order valence-electron chi connectivity index (χ0n) is 15.2. The molecule has 0 saturated carbocycles. The maximum Gasteiger partial charge on any atom is 0.251 e. The van der Waals surface area contributed by atoms with Gasteiger partial charge in [0.15, 0.2) is 0 Å². The van der Waals surface area contributed by atoms with E-state index in [1.54, 1.807) is 18.4 Å². The van der Waals surface area contributed by atoms with E-state index in [1.165, 1.54) is 0 Å². The normalized spacial score (nSPS) is 11.9. The summed E-state index contributed by atoms with van der Waals surface area (Å²) in [4.78, 5) is 14.3. The fourth-order valence-corrected chi connectivity index (χ4v) is 2.28. The summed E-state index contributed by atoms with van der Waals surface area (Å²) < 4.78 is 11.1. The zero-order chi connectivity index (χ0) is 17.5. The number of furan rings is 1. The van der Waals surface area contributed by atoms with Gasteiger partial charge < -0.3 is 14.5 Å². The maximum absolute atomic E-state index is 12.3. The number of carbonyl (C=O) groups is 1. The molecule has 2 rings (SSSR count). The minimum atomic E-state index is -0.108. The molecule has 1 aromatic heterocycles. The third kappa shape index (κ3) is 6.44. The first-order valence-corrected chi connectivity index (χ1v) is 8.18. The van der Waals surface area contributed by atoms with Crippen LogP contribution in [-0.2, 0) is 0 Å². The number of amides is 1. The topological polar surface area (TPSA) is 54.7 Å². The van der Waals surface area contributed by atoms with Gasteiger partial charge in [0.05, 0.1) is 18.9 Å². The van der Waals surface area contributed by atoms with E-state index in [0.717, 1.165) is 11.5 Å².